The van der Waals surface area contributed by atoms with Crippen molar-refractivity contribution in [1.29, 1.82) is 0 Å². The number of pyridine rings is 1. The van der Waals surface area contributed by atoms with Gasteiger partial charge < -0.3 is 9.84 Å². The van der Waals surface area contributed by atoms with E-state index in [2.05, 4.69) is 4.98 Å². The average molecular weight is 324 g/mol. The number of aryl methyl sites for hydroxylation is 1. The van der Waals surface area contributed by atoms with E-state index in [-0.39, 0.29) is 6.61 Å². The van der Waals surface area contributed by atoms with Crippen LogP contribution in [-0.2, 0) is 6.42 Å². The lowest BCUT2D eigenvalue weighted by Crippen LogP contribution is -1.96. The van der Waals surface area contributed by atoms with Crippen molar-refractivity contribution in [2.45, 2.75) is 29.1 Å². The minimum Gasteiger partial charge on any atom is -0.495 e. The number of nitrogens with zero attached hydrogens (tertiary/aromatic N) is 1. The highest BCUT2D eigenvalue weighted by atomic mass is 35.5. The van der Waals surface area contributed by atoms with E-state index in [0.29, 0.717) is 5.02 Å². The molecular formula is C16H18ClNO2S. The number of hydrogen-bond acceptors (Lipinski definition) is 4. The Morgan fingerprint density at radius 3 is 2.67 bits per heavy atom. The van der Waals surface area contributed by atoms with E-state index in [1.165, 1.54) is 0 Å². The molecule has 0 aliphatic rings. The van der Waals surface area contributed by atoms with Crippen molar-refractivity contribution in [2.75, 3.05) is 13.7 Å². The minimum absolute atomic E-state index is 0.210. The summed E-state index contributed by atoms with van der Waals surface area (Å²) in [7, 11) is 1.68. The summed E-state index contributed by atoms with van der Waals surface area (Å²) in [6, 6.07) is 7.77. The van der Waals surface area contributed by atoms with Crippen molar-refractivity contribution in [2.24, 2.45) is 0 Å². The molecule has 112 valence electrons. The summed E-state index contributed by atoms with van der Waals surface area (Å²) in [5.41, 5.74) is 1.08. The van der Waals surface area contributed by atoms with Gasteiger partial charge in [-0.2, -0.15) is 0 Å². The van der Waals surface area contributed by atoms with E-state index in [4.69, 9.17) is 21.4 Å². The van der Waals surface area contributed by atoms with Crippen LogP contribution in [0.1, 0.15) is 18.4 Å². The number of hydrogen-bond donors (Lipinski definition) is 1. The molecule has 0 atom stereocenters. The first kappa shape index (κ1) is 16.1. The number of rotatable bonds is 7. The zero-order valence-corrected chi connectivity index (χ0v) is 13.5. The maximum Gasteiger partial charge on any atom is 0.136 e. The second-order valence-electron chi connectivity index (χ2n) is 4.56. The number of aromatic nitrogens is 1. The third kappa shape index (κ3) is 4.63. The fraction of sp³-hybridized carbons (Fsp3) is 0.312. The van der Waals surface area contributed by atoms with Crippen molar-refractivity contribution < 1.29 is 9.84 Å². The molecule has 3 nitrogen and oxygen atoms in total. The maximum atomic E-state index is 8.91. The van der Waals surface area contributed by atoms with Gasteiger partial charge in [-0.15, -0.1) is 0 Å². The number of aliphatic hydroxyl groups excluding tert-OH is 1. The molecular weight excluding hydrogens is 306 g/mol. The van der Waals surface area contributed by atoms with Gasteiger partial charge in [-0.25, -0.2) is 0 Å². The van der Waals surface area contributed by atoms with Crippen molar-refractivity contribution in [3.63, 3.8) is 0 Å². The Balaban J connectivity index is 2.27. The van der Waals surface area contributed by atoms with Gasteiger partial charge in [0.15, 0.2) is 0 Å². The maximum absolute atomic E-state index is 8.91. The van der Waals surface area contributed by atoms with E-state index < -0.39 is 0 Å². The van der Waals surface area contributed by atoms with Crippen molar-refractivity contribution in [3.8, 4) is 5.75 Å². The van der Waals surface area contributed by atoms with Crippen LogP contribution in [0.3, 0.4) is 0 Å². The SMILES string of the molecule is COc1c(CCCCO)cc(Cl)cc1Sc1ccncc1. The Kier molecular flexibility index (Phi) is 6.36. The molecule has 0 fully saturated rings. The Labute approximate surface area is 134 Å². The van der Waals surface area contributed by atoms with Crippen LogP contribution in [0.5, 0.6) is 5.75 Å². The molecule has 1 aromatic carbocycles. The third-order valence-corrected chi connectivity index (χ3v) is 4.28. The largest absolute Gasteiger partial charge is 0.495 e. The Morgan fingerprint density at radius 1 is 1.24 bits per heavy atom. The predicted molar refractivity (Wildman–Crippen MR) is 86.4 cm³/mol. The molecule has 21 heavy (non-hydrogen) atoms. The summed E-state index contributed by atoms with van der Waals surface area (Å²) in [4.78, 5) is 6.11. The molecule has 0 saturated heterocycles. The predicted octanol–water partition coefficient (Wildman–Crippen LogP) is 4.21. The highest BCUT2D eigenvalue weighted by Crippen LogP contribution is 2.39. The van der Waals surface area contributed by atoms with Crippen molar-refractivity contribution >= 4 is 23.4 Å². The first-order valence-corrected chi connectivity index (χ1v) is 7.99. The van der Waals surface area contributed by atoms with Gasteiger partial charge in [-0.3, -0.25) is 4.98 Å². The van der Waals surface area contributed by atoms with Crippen LogP contribution < -0.4 is 4.74 Å². The number of ether oxygens (including phenoxy) is 1. The van der Waals surface area contributed by atoms with Crippen LogP contribution in [0.15, 0.2) is 46.5 Å². The van der Waals surface area contributed by atoms with Gasteiger partial charge in [0.1, 0.15) is 5.75 Å². The van der Waals surface area contributed by atoms with Crippen LogP contribution in [0.25, 0.3) is 0 Å². The molecule has 0 saturated carbocycles. The lowest BCUT2D eigenvalue weighted by molar-refractivity contribution is 0.284. The van der Waals surface area contributed by atoms with Gasteiger partial charge in [-0.1, -0.05) is 23.4 Å². The van der Waals surface area contributed by atoms with E-state index in [0.717, 1.165) is 40.4 Å². The van der Waals surface area contributed by atoms with Crippen LogP contribution in [0, 0.1) is 0 Å². The molecule has 0 radical (unpaired) electrons. The Hall–Kier alpha value is -1.23. The monoisotopic (exact) mass is 323 g/mol. The lowest BCUT2D eigenvalue weighted by Gasteiger charge is -2.14. The summed E-state index contributed by atoms with van der Waals surface area (Å²) in [5.74, 6) is 0.860. The molecule has 2 rings (SSSR count). The van der Waals surface area contributed by atoms with Crippen LogP contribution in [-0.4, -0.2) is 23.8 Å². The number of benzene rings is 1. The molecule has 0 spiro atoms. The first-order chi connectivity index (χ1) is 10.2. The minimum atomic E-state index is 0.210. The van der Waals surface area contributed by atoms with Gasteiger partial charge in [0.05, 0.1) is 12.0 Å². The molecule has 0 unspecified atom stereocenters. The van der Waals surface area contributed by atoms with Crippen LogP contribution in [0.2, 0.25) is 5.02 Å². The molecule has 1 aromatic heterocycles. The Bertz CT molecular complexity index is 578. The number of aliphatic hydroxyl groups is 1. The van der Waals surface area contributed by atoms with Crippen LogP contribution in [0.4, 0.5) is 0 Å². The zero-order valence-electron chi connectivity index (χ0n) is 11.9. The quantitative estimate of drug-likeness (QED) is 0.775. The number of methoxy groups -OCH3 is 1. The summed E-state index contributed by atoms with van der Waals surface area (Å²) in [6.45, 7) is 0.210. The van der Waals surface area contributed by atoms with Gasteiger partial charge >= 0.3 is 0 Å². The van der Waals surface area contributed by atoms with E-state index in [1.807, 2.05) is 24.3 Å². The topological polar surface area (TPSA) is 42.4 Å². The standard InChI is InChI=1S/C16H18ClNO2S/c1-20-16-12(4-2-3-9-19)10-13(17)11-15(16)21-14-5-7-18-8-6-14/h5-8,10-11,19H,2-4,9H2,1H3. The first-order valence-electron chi connectivity index (χ1n) is 6.79. The molecule has 0 amide bonds. The summed E-state index contributed by atoms with van der Waals surface area (Å²) >= 11 is 7.83. The molecule has 1 N–H and O–H groups in total. The summed E-state index contributed by atoms with van der Waals surface area (Å²) in [6.07, 6.45) is 6.06. The summed E-state index contributed by atoms with van der Waals surface area (Å²) < 4.78 is 5.58. The molecule has 0 aliphatic carbocycles. The third-order valence-electron chi connectivity index (χ3n) is 3.03. The average Bonchev–Trinajstić information content (AvgIpc) is 2.48. The zero-order chi connectivity index (χ0) is 15.1. The van der Waals surface area contributed by atoms with Crippen molar-refractivity contribution in [1.82, 2.24) is 4.98 Å². The van der Waals surface area contributed by atoms with Crippen molar-refractivity contribution in [3.05, 3.63) is 47.2 Å². The van der Waals surface area contributed by atoms with Gasteiger partial charge in [0.2, 0.25) is 0 Å². The highest BCUT2D eigenvalue weighted by molar-refractivity contribution is 7.99. The fourth-order valence-electron chi connectivity index (χ4n) is 2.08. The summed E-state index contributed by atoms with van der Waals surface area (Å²) in [5, 5.41) is 9.61. The second-order valence-corrected chi connectivity index (χ2v) is 6.11. The molecule has 0 aliphatic heterocycles. The Morgan fingerprint density at radius 2 is 2.00 bits per heavy atom. The van der Waals surface area contributed by atoms with Crippen LogP contribution >= 0.6 is 23.4 Å². The highest BCUT2D eigenvalue weighted by Gasteiger charge is 2.12. The normalized spacial score (nSPS) is 10.6. The fourth-order valence-corrected chi connectivity index (χ4v) is 3.39. The van der Waals surface area contributed by atoms with Gasteiger partial charge in [0, 0.05) is 28.9 Å². The van der Waals surface area contributed by atoms with Gasteiger partial charge in [0.25, 0.3) is 0 Å². The number of halogens is 1. The van der Waals surface area contributed by atoms with E-state index >= 15 is 0 Å². The second kappa shape index (κ2) is 8.27. The molecule has 2 aromatic rings. The molecule has 1 heterocycles. The molecule has 5 heteroatoms. The number of unbranched alkanes of at least 4 members (excludes halogenated alkanes) is 1. The smallest absolute Gasteiger partial charge is 0.136 e. The van der Waals surface area contributed by atoms with Gasteiger partial charge in [-0.05, 0) is 49.1 Å². The van der Waals surface area contributed by atoms with E-state index in [1.54, 1.807) is 31.3 Å². The van der Waals surface area contributed by atoms with E-state index in [9.17, 15) is 0 Å². The lowest BCUT2D eigenvalue weighted by atomic mass is 10.1. The molecule has 0 bridgehead atoms.